The fourth-order valence-electron chi connectivity index (χ4n) is 2.62. The van der Waals surface area contributed by atoms with E-state index in [1.54, 1.807) is 0 Å². The van der Waals surface area contributed by atoms with Gasteiger partial charge < -0.3 is 10.2 Å². The van der Waals surface area contributed by atoms with Gasteiger partial charge in [-0.2, -0.15) is 0 Å². The summed E-state index contributed by atoms with van der Waals surface area (Å²) in [7, 11) is 0. The van der Waals surface area contributed by atoms with Crippen LogP contribution in [-0.2, 0) is 11.2 Å². The third kappa shape index (κ3) is 2.91. The summed E-state index contributed by atoms with van der Waals surface area (Å²) in [5.74, 6) is 0.250. The van der Waals surface area contributed by atoms with Crippen LogP contribution >= 0.6 is 0 Å². The van der Waals surface area contributed by atoms with Crippen LogP contribution in [0.4, 0.5) is 0 Å². The van der Waals surface area contributed by atoms with E-state index in [9.17, 15) is 4.79 Å². The van der Waals surface area contributed by atoms with Crippen molar-refractivity contribution >= 4 is 5.91 Å². The second kappa shape index (κ2) is 6.01. The number of hydrogen-bond donors (Lipinski definition) is 1. The van der Waals surface area contributed by atoms with Crippen LogP contribution < -0.4 is 5.32 Å². The van der Waals surface area contributed by atoms with Crippen LogP contribution in [0.2, 0.25) is 0 Å². The summed E-state index contributed by atoms with van der Waals surface area (Å²) in [4.78, 5) is 14.4. The average molecular weight is 246 g/mol. The van der Waals surface area contributed by atoms with Crippen LogP contribution in [0.25, 0.3) is 0 Å². The smallest absolute Gasteiger partial charge is 0.227 e. The molecular formula is C15H22N2O. The van der Waals surface area contributed by atoms with Crippen molar-refractivity contribution in [3.05, 3.63) is 35.4 Å². The van der Waals surface area contributed by atoms with Gasteiger partial charge in [-0.1, -0.05) is 24.3 Å². The minimum Gasteiger partial charge on any atom is -0.338 e. The number of rotatable bonds is 4. The Kier molecular flexibility index (Phi) is 4.37. The topological polar surface area (TPSA) is 32.3 Å². The first kappa shape index (κ1) is 13.1. The van der Waals surface area contributed by atoms with E-state index in [2.05, 4.69) is 25.2 Å². The molecule has 1 aliphatic rings. The van der Waals surface area contributed by atoms with Gasteiger partial charge in [0.05, 0.1) is 6.42 Å². The molecule has 0 bridgehead atoms. The number of benzene rings is 1. The van der Waals surface area contributed by atoms with Crippen molar-refractivity contribution in [2.45, 2.75) is 32.7 Å². The van der Waals surface area contributed by atoms with E-state index >= 15 is 0 Å². The van der Waals surface area contributed by atoms with E-state index in [0.717, 1.165) is 31.6 Å². The number of aryl methyl sites for hydroxylation is 1. The quantitative estimate of drug-likeness (QED) is 0.878. The zero-order chi connectivity index (χ0) is 13.0. The highest BCUT2D eigenvalue weighted by Gasteiger charge is 2.25. The number of hydrogen-bond acceptors (Lipinski definition) is 2. The maximum absolute atomic E-state index is 12.4. The van der Waals surface area contributed by atoms with Gasteiger partial charge in [-0.3, -0.25) is 4.79 Å². The summed E-state index contributed by atoms with van der Waals surface area (Å²) in [6.45, 7) is 6.90. The highest BCUT2D eigenvalue weighted by molar-refractivity contribution is 5.79. The molecule has 1 atom stereocenters. The van der Waals surface area contributed by atoms with Crippen LogP contribution in [0.15, 0.2) is 24.3 Å². The lowest BCUT2D eigenvalue weighted by Gasteiger charge is -2.27. The van der Waals surface area contributed by atoms with Crippen LogP contribution in [0.5, 0.6) is 0 Å². The Balaban J connectivity index is 2.03. The fraction of sp³-hybridized carbons (Fsp3) is 0.533. The molecule has 3 nitrogen and oxygen atoms in total. The summed E-state index contributed by atoms with van der Waals surface area (Å²) < 4.78 is 0. The van der Waals surface area contributed by atoms with Crippen molar-refractivity contribution in [3.63, 3.8) is 0 Å². The van der Waals surface area contributed by atoms with Gasteiger partial charge in [-0.25, -0.2) is 0 Å². The zero-order valence-corrected chi connectivity index (χ0v) is 11.3. The van der Waals surface area contributed by atoms with Crippen molar-refractivity contribution in [2.24, 2.45) is 0 Å². The monoisotopic (exact) mass is 246 g/mol. The Labute approximate surface area is 109 Å². The van der Waals surface area contributed by atoms with Crippen LogP contribution in [0.1, 0.15) is 24.5 Å². The SMILES string of the molecule is CCN(C(=O)Cc1ccccc1C)C1CCNC1. The molecule has 1 aromatic carbocycles. The van der Waals surface area contributed by atoms with E-state index < -0.39 is 0 Å². The molecule has 1 amide bonds. The fourth-order valence-corrected chi connectivity index (χ4v) is 2.62. The molecule has 1 aromatic rings. The molecule has 0 spiro atoms. The first-order valence-electron chi connectivity index (χ1n) is 6.77. The third-order valence-electron chi connectivity index (χ3n) is 3.74. The number of nitrogens with one attached hydrogen (secondary N) is 1. The maximum Gasteiger partial charge on any atom is 0.227 e. The Bertz CT molecular complexity index is 411. The predicted molar refractivity (Wildman–Crippen MR) is 73.5 cm³/mol. The van der Waals surface area contributed by atoms with Crippen molar-refractivity contribution in [1.82, 2.24) is 10.2 Å². The zero-order valence-electron chi connectivity index (χ0n) is 11.3. The lowest BCUT2D eigenvalue weighted by atomic mass is 10.0. The van der Waals surface area contributed by atoms with Gasteiger partial charge in [-0.05, 0) is 37.9 Å². The van der Waals surface area contributed by atoms with Crippen molar-refractivity contribution in [2.75, 3.05) is 19.6 Å². The standard InChI is InChI=1S/C15H22N2O/c1-3-17(14-8-9-16-11-14)15(18)10-13-7-5-4-6-12(13)2/h4-7,14,16H,3,8-11H2,1-2H3. The van der Waals surface area contributed by atoms with Crippen LogP contribution in [0, 0.1) is 6.92 Å². The molecule has 1 heterocycles. The predicted octanol–water partition coefficient (Wildman–Crippen LogP) is 1.75. The van der Waals surface area contributed by atoms with Crippen molar-refractivity contribution in [1.29, 1.82) is 0 Å². The normalized spacial score (nSPS) is 18.9. The molecule has 0 saturated carbocycles. The van der Waals surface area contributed by atoms with E-state index in [1.807, 2.05) is 23.1 Å². The van der Waals surface area contributed by atoms with Gasteiger partial charge in [0.2, 0.25) is 5.91 Å². The van der Waals surface area contributed by atoms with Crippen LogP contribution in [0.3, 0.4) is 0 Å². The highest BCUT2D eigenvalue weighted by atomic mass is 16.2. The first-order chi connectivity index (χ1) is 8.72. The van der Waals surface area contributed by atoms with Gasteiger partial charge in [0.15, 0.2) is 0 Å². The van der Waals surface area contributed by atoms with E-state index in [4.69, 9.17) is 0 Å². The van der Waals surface area contributed by atoms with Crippen molar-refractivity contribution in [3.8, 4) is 0 Å². The number of carbonyl (C=O) groups excluding carboxylic acids is 1. The van der Waals surface area contributed by atoms with Crippen molar-refractivity contribution < 1.29 is 4.79 Å². The summed E-state index contributed by atoms with van der Waals surface area (Å²) in [6.07, 6.45) is 1.60. The number of carbonyl (C=O) groups is 1. The molecule has 3 heteroatoms. The molecule has 1 N–H and O–H groups in total. The highest BCUT2D eigenvalue weighted by Crippen LogP contribution is 2.13. The largest absolute Gasteiger partial charge is 0.338 e. The summed E-state index contributed by atoms with van der Waals surface area (Å²) in [5.41, 5.74) is 2.35. The second-order valence-electron chi connectivity index (χ2n) is 4.93. The molecule has 0 aliphatic carbocycles. The molecule has 0 radical (unpaired) electrons. The van der Waals surface area contributed by atoms with E-state index in [0.29, 0.717) is 12.5 Å². The molecule has 0 aromatic heterocycles. The number of nitrogens with zero attached hydrogens (tertiary/aromatic N) is 1. The second-order valence-corrected chi connectivity index (χ2v) is 4.93. The first-order valence-corrected chi connectivity index (χ1v) is 6.77. The summed E-state index contributed by atoms with van der Waals surface area (Å²) in [5, 5.41) is 3.32. The van der Waals surface area contributed by atoms with Crippen LogP contribution in [-0.4, -0.2) is 36.5 Å². The van der Waals surface area contributed by atoms with E-state index in [-0.39, 0.29) is 5.91 Å². The molecule has 1 unspecified atom stereocenters. The molecule has 18 heavy (non-hydrogen) atoms. The maximum atomic E-state index is 12.4. The Hall–Kier alpha value is -1.35. The van der Waals surface area contributed by atoms with Gasteiger partial charge in [0, 0.05) is 19.1 Å². The number of likely N-dealkylation sites (N-methyl/N-ethyl adjacent to an activating group) is 1. The lowest BCUT2D eigenvalue weighted by Crippen LogP contribution is -2.42. The van der Waals surface area contributed by atoms with Gasteiger partial charge in [-0.15, -0.1) is 0 Å². The summed E-state index contributed by atoms with van der Waals surface area (Å²) >= 11 is 0. The molecule has 1 saturated heterocycles. The van der Waals surface area contributed by atoms with Gasteiger partial charge in [0.25, 0.3) is 0 Å². The van der Waals surface area contributed by atoms with E-state index in [1.165, 1.54) is 5.56 Å². The minimum absolute atomic E-state index is 0.250. The molecule has 1 aliphatic heterocycles. The Morgan fingerprint density at radius 2 is 2.22 bits per heavy atom. The molecule has 1 fully saturated rings. The lowest BCUT2D eigenvalue weighted by molar-refractivity contribution is -0.132. The minimum atomic E-state index is 0.250. The molecular weight excluding hydrogens is 224 g/mol. The third-order valence-corrected chi connectivity index (χ3v) is 3.74. The van der Waals surface area contributed by atoms with Gasteiger partial charge >= 0.3 is 0 Å². The molecule has 98 valence electrons. The number of amides is 1. The Morgan fingerprint density at radius 3 is 2.83 bits per heavy atom. The average Bonchev–Trinajstić information content (AvgIpc) is 2.87. The summed E-state index contributed by atoms with van der Waals surface area (Å²) in [6, 6.07) is 8.51. The molecule has 2 rings (SSSR count). The Morgan fingerprint density at radius 1 is 1.44 bits per heavy atom. The van der Waals surface area contributed by atoms with Gasteiger partial charge in [0.1, 0.15) is 0 Å².